The fraction of sp³-hybridized carbons (Fsp3) is 0.562. The first-order valence-electron chi connectivity index (χ1n) is 6.82. The molecule has 0 aromatic heterocycles. The van der Waals surface area contributed by atoms with Gasteiger partial charge in [0, 0.05) is 6.61 Å². The monoisotopic (exact) mass is 261 g/mol. The van der Waals surface area contributed by atoms with Gasteiger partial charge in [-0.3, -0.25) is 0 Å². The molecule has 1 aromatic rings. The molecule has 0 saturated heterocycles. The smallest absolute Gasteiger partial charge is 0.122 e. The molecule has 0 atom stereocenters. The van der Waals surface area contributed by atoms with E-state index in [0.717, 1.165) is 30.6 Å². The van der Waals surface area contributed by atoms with E-state index < -0.39 is 0 Å². The van der Waals surface area contributed by atoms with Crippen LogP contribution in [0.3, 0.4) is 0 Å². The lowest BCUT2D eigenvalue weighted by Crippen LogP contribution is -2.08. The number of nitrogens with zero attached hydrogens (tertiary/aromatic N) is 1. The van der Waals surface area contributed by atoms with Crippen LogP contribution in [0.15, 0.2) is 24.3 Å². The van der Waals surface area contributed by atoms with Crippen LogP contribution in [0, 0.1) is 16.7 Å². The first-order chi connectivity index (χ1) is 9.09. The van der Waals surface area contributed by atoms with Crippen molar-refractivity contribution in [3.8, 4) is 11.8 Å². The molecule has 0 heterocycles. The van der Waals surface area contributed by atoms with Crippen LogP contribution < -0.4 is 4.74 Å². The molecular weight excluding hydrogens is 238 g/mol. The highest BCUT2D eigenvalue weighted by Crippen LogP contribution is 2.22. The Balaban J connectivity index is 2.32. The summed E-state index contributed by atoms with van der Waals surface area (Å²) in [7, 11) is 0. The van der Waals surface area contributed by atoms with E-state index in [1.165, 1.54) is 0 Å². The van der Waals surface area contributed by atoms with Crippen LogP contribution in [0.25, 0.3) is 0 Å². The maximum absolute atomic E-state index is 8.98. The molecule has 0 fully saturated rings. The minimum Gasteiger partial charge on any atom is -0.493 e. The largest absolute Gasteiger partial charge is 0.493 e. The van der Waals surface area contributed by atoms with Crippen LogP contribution in [-0.2, 0) is 6.42 Å². The Labute approximate surface area is 115 Å². The number of hydrogen-bond acceptors (Lipinski definition) is 3. The summed E-state index contributed by atoms with van der Waals surface area (Å²) in [5.41, 5.74) is 0.803. The Kier molecular flexibility index (Phi) is 6.38. The van der Waals surface area contributed by atoms with E-state index in [2.05, 4.69) is 6.07 Å². The van der Waals surface area contributed by atoms with Gasteiger partial charge < -0.3 is 9.84 Å². The van der Waals surface area contributed by atoms with Crippen molar-refractivity contribution >= 4 is 0 Å². The van der Waals surface area contributed by atoms with E-state index in [1.807, 2.05) is 38.1 Å². The molecule has 19 heavy (non-hydrogen) atoms. The van der Waals surface area contributed by atoms with Crippen LogP contribution in [0.5, 0.6) is 5.75 Å². The van der Waals surface area contributed by atoms with Gasteiger partial charge in [-0.15, -0.1) is 0 Å². The van der Waals surface area contributed by atoms with E-state index in [-0.39, 0.29) is 12.0 Å². The number of rotatable bonds is 8. The van der Waals surface area contributed by atoms with Crippen molar-refractivity contribution < 1.29 is 9.84 Å². The normalized spacial score (nSPS) is 11.1. The number of ether oxygens (including phenoxy) is 1. The van der Waals surface area contributed by atoms with Crippen LogP contribution in [0.2, 0.25) is 0 Å². The highest BCUT2D eigenvalue weighted by molar-refractivity contribution is 5.33. The van der Waals surface area contributed by atoms with E-state index in [9.17, 15) is 0 Å². The number of unbranched alkanes of at least 4 members (excludes halogenated alkanes) is 1. The second kappa shape index (κ2) is 7.81. The maximum atomic E-state index is 8.98. The number of benzene rings is 1. The fourth-order valence-corrected chi connectivity index (χ4v) is 1.88. The number of aliphatic hydroxyl groups is 1. The standard InChI is InChI=1S/C16H23NO2/c1-16(2,13-17)10-5-6-12-19-15-8-4-3-7-14(15)9-11-18/h3-4,7-8,18H,5-6,9-12H2,1-2H3. The van der Waals surface area contributed by atoms with E-state index in [4.69, 9.17) is 15.1 Å². The molecule has 0 spiro atoms. The number of hydrogen-bond donors (Lipinski definition) is 1. The van der Waals surface area contributed by atoms with Gasteiger partial charge in [0.1, 0.15) is 5.75 Å². The third-order valence-corrected chi connectivity index (χ3v) is 3.11. The Bertz CT molecular complexity index is 421. The summed E-state index contributed by atoms with van der Waals surface area (Å²) in [5, 5.41) is 17.9. The van der Waals surface area contributed by atoms with Gasteiger partial charge in [0.15, 0.2) is 0 Å². The molecule has 0 saturated carbocycles. The number of aliphatic hydroxyl groups excluding tert-OH is 1. The predicted octanol–water partition coefficient (Wildman–Crippen LogP) is 3.32. The summed E-state index contributed by atoms with van der Waals surface area (Å²) in [6.45, 7) is 4.72. The van der Waals surface area contributed by atoms with Gasteiger partial charge >= 0.3 is 0 Å². The maximum Gasteiger partial charge on any atom is 0.122 e. The average molecular weight is 261 g/mol. The predicted molar refractivity (Wildman–Crippen MR) is 76.0 cm³/mol. The molecule has 0 bridgehead atoms. The summed E-state index contributed by atoms with van der Waals surface area (Å²) in [5.74, 6) is 0.857. The Morgan fingerprint density at radius 2 is 2.00 bits per heavy atom. The quantitative estimate of drug-likeness (QED) is 0.730. The van der Waals surface area contributed by atoms with Gasteiger partial charge in [-0.2, -0.15) is 5.26 Å². The van der Waals surface area contributed by atoms with Crippen molar-refractivity contribution in [2.75, 3.05) is 13.2 Å². The first-order valence-corrected chi connectivity index (χ1v) is 6.82. The van der Waals surface area contributed by atoms with Gasteiger partial charge in [0.2, 0.25) is 0 Å². The molecule has 104 valence electrons. The van der Waals surface area contributed by atoms with Gasteiger partial charge in [-0.25, -0.2) is 0 Å². The minimum atomic E-state index is -0.241. The molecule has 0 unspecified atom stereocenters. The topological polar surface area (TPSA) is 53.2 Å². The van der Waals surface area contributed by atoms with Crippen molar-refractivity contribution in [3.05, 3.63) is 29.8 Å². The van der Waals surface area contributed by atoms with Gasteiger partial charge in [0.25, 0.3) is 0 Å². The second-order valence-corrected chi connectivity index (χ2v) is 5.38. The summed E-state index contributed by atoms with van der Waals surface area (Å²) < 4.78 is 5.74. The molecule has 0 radical (unpaired) electrons. The molecule has 0 aliphatic heterocycles. The third-order valence-electron chi connectivity index (χ3n) is 3.11. The summed E-state index contributed by atoms with van der Waals surface area (Å²) in [6.07, 6.45) is 3.45. The number of nitriles is 1. The Morgan fingerprint density at radius 1 is 1.26 bits per heavy atom. The fourth-order valence-electron chi connectivity index (χ4n) is 1.88. The lowest BCUT2D eigenvalue weighted by molar-refractivity contribution is 0.280. The average Bonchev–Trinajstić information content (AvgIpc) is 2.40. The SMILES string of the molecule is CC(C)(C#N)CCCCOc1ccccc1CCO. The second-order valence-electron chi connectivity index (χ2n) is 5.38. The third kappa shape index (κ3) is 5.76. The highest BCUT2D eigenvalue weighted by Gasteiger charge is 2.15. The van der Waals surface area contributed by atoms with Crippen molar-refractivity contribution in [1.82, 2.24) is 0 Å². The number of para-hydroxylation sites is 1. The van der Waals surface area contributed by atoms with Crippen molar-refractivity contribution in [1.29, 1.82) is 5.26 Å². The molecule has 1 rings (SSSR count). The molecule has 0 aliphatic rings. The zero-order valence-corrected chi connectivity index (χ0v) is 11.9. The van der Waals surface area contributed by atoms with E-state index >= 15 is 0 Å². The molecule has 1 N–H and O–H groups in total. The zero-order chi connectivity index (χ0) is 14.1. The van der Waals surface area contributed by atoms with Crippen molar-refractivity contribution in [2.24, 2.45) is 5.41 Å². The molecule has 3 nitrogen and oxygen atoms in total. The van der Waals surface area contributed by atoms with Gasteiger partial charge in [-0.05, 0) is 51.2 Å². The van der Waals surface area contributed by atoms with E-state index in [0.29, 0.717) is 13.0 Å². The zero-order valence-electron chi connectivity index (χ0n) is 11.9. The van der Waals surface area contributed by atoms with E-state index in [1.54, 1.807) is 0 Å². The lowest BCUT2D eigenvalue weighted by Gasteiger charge is -2.15. The van der Waals surface area contributed by atoms with Crippen LogP contribution >= 0.6 is 0 Å². The highest BCUT2D eigenvalue weighted by atomic mass is 16.5. The molecule has 1 aromatic carbocycles. The molecular formula is C16H23NO2. The first kappa shape index (κ1) is 15.5. The van der Waals surface area contributed by atoms with Crippen LogP contribution in [-0.4, -0.2) is 18.3 Å². The van der Waals surface area contributed by atoms with Gasteiger partial charge in [0.05, 0.1) is 18.1 Å². The van der Waals surface area contributed by atoms with Crippen molar-refractivity contribution in [3.63, 3.8) is 0 Å². The summed E-state index contributed by atoms with van der Waals surface area (Å²) in [6, 6.07) is 10.1. The van der Waals surface area contributed by atoms with Crippen LogP contribution in [0.4, 0.5) is 0 Å². The molecule has 0 aliphatic carbocycles. The molecule has 3 heteroatoms. The Hall–Kier alpha value is -1.53. The summed E-state index contributed by atoms with van der Waals surface area (Å²) in [4.78, 5) is 0. The minimum absolute atomic E-state index is 0.136. The summed E-state index contributed by atoms with van der Waals surface area (Å²) >= 11 is 0. The lowest BCUT2D eigenvalue weighted by atomic mass is 9.89. The van der Waals surface area contributed by atoms with Crippen LogP contribution in [0.1, 0.15) is 38.7 Å². The Morgan fingerprint density at radius 3 is 2.68 bits per heavy atom. The molecule has 0 amide bonds. The van der Waals surface area contributed by atoms with Crippen molar-refractivity contribution in [2.45, 2.75) is 39.5 Å². The van der Waals surface area contributed by atoms with Gasteiger partial charge in [-0.1, -0.05) is 18.2 Å².